The zero-order valence-electron chi connectivity index (χ0n) is 14.7. The van der Waals surface area contributed by atoms with Gasteiger partial charge in [-0.2, -0.15) is 0 Å². The Morgan fingerprint density at radius 1 is 1.11 bits per heavy atom. The van der Waals surface area contributed by atoms with Gasteiger partial charge in [-0.3, -0.25) is 14.2 Å². The lowest BCUT2D eigenvalue weighted by atomic mass is 10.1. The number of aromatic nitrogens is 2. The lowest BCUT2D eigenvalue weighted by Gasteiger charge is -2.08. The van der Waals surface area contributed by atoms with Crippen LogP contribution in [0.15, 0.2) is 71.1 Å². The Labute approximate surface area is 159 Å². The van der Waals surface area contributed by atoms with Gasteiger partial charge in [0, 0.05) is 16.6 Å². The summed E-state index contributed by atoms with van der Waals surface area (Å²) in [6, 6.07) is 17.2. The maximum absolute atomic E-state index is 13.0. The maximum Gasteiger partial charge on any atom is 0.263 e. The predicted octanol–water partition coefficient (Wildman–Crippen LogP) is 4.07. The van der Waals surface area contributed by atoms with Crippen molar-refractivity contribution in [1.29, 1.82) is 0 Å². The number of amides is 1. The summed E-state index contributed by atoms with van der Waals surface area (Å²) >= 11 is 1.43. The van der Waals surface area contributed by atoms with E-state index in [1.165, 1.54) is 22.2 Å². The molecule has 4 rings (SSSR count). The summed E-state index contributed by atoms with van der Waals surface area (Å²) in [5, 5.41) is 5.29. The number of thiophene rings is 1. The van der Waals surface area contributed by atoms with Crippen molar-refractivity contribution in [2.24, 2.45) is 0 Å². The fourth-order valence-corrected chi connectivity index (χ4v) is 3.81. The van der Waals surface area contributed by atoms with Crippen LogP contribution in [0.5, 0.6) is 0 Å². The molecular weight excluding hydrogens is 358 g/mol. The minimum atomic E-state index is -0.267. The predicted molar refractivity (Wildman–Crippen MR) is 109 cm³/mol. The van der Waals surface area contributed by atoms with E-state index in [1.807, 2.05) is 54.8 Å². The minimum absolute atomic E-state index is 0.0835. The van der Waals surface area contributed by atoms with Crippen molar-refractivity contribution in [1.82, 2.24) is 9.55 Å². The molecule has 0 atom stereocenters. The van der Waals surface area contributed by atoms with E-state index < -0.39 is 0 Å². The van der Waals surface area contributed by atoms with E-state index in [1.54, 1.807) is 12.1 Å². The molecule has 134 valence electrons. The van der Waals surface area contributed by atoms with Gasteiger partial charge in [0.2, 0.25) is 5.91 Å². The van der Waals surface area contributed by atoms with Gasteiger partial charge in [0.05, 0.1) is 11.7 Å². The number of rotatable bonds is 4. The fourth-order valence-electron chi connectivity index (χ4n) is 2.90. The summed E-state index contributed by atoms with van der Waals surface area (Å²) in [7, 11) is 0. The summed E-state index contributed by atoms with van der Waals surface area (Å²) in [5.74, 6) is -0.267. The van der Waals surface area contributed by atoms with Gasteiger partial charge in [-0.1, -0.05) is 48.0 Å². The average molecular weight is 375 g/mol. The number of hydrogen-bond acceptors (Lipinski definition) is 4. The van der Waals surface area contributed by atoms with E-state index in [-0.39, 0.29) is 18.0 Å². The van der Waals surface area contributed by atoms with Crippen LogP contribution in [0.1, 0.15) is 5.56 Å². The second-order valence-corrected chi connectivity index (χ2v) is 7.15. The van der Waals surface area contributed by atoms with Crippen molar-refractivity contribution in [3.63, 3.8) is 0 Å². The zero-order valence-corrected chi connectivity index (χ0v) is 15.5. The van der Waals surface area contributed by atoms with Crippen LogP contribution < -0.4 is 10.9 Å². The Morgan fingerprint density at radius 3 is 2.59 bits per heavy atom. The third-order valence-electron chi connectivity index (χ3n) is 4.29. The molecule has 0 saturated heterocycles. The van der Waals surface area contributed by atoms with E-state index in [0.717, 1.165) is 16.7 Å². The van der Waals surface area contributed by atoms with Crippen LogP contribution in [0.2, 0.25) is 0 Å². The van der Waals surface area contributed by atoms with Gasteiger partial charge in [-0.05, 0) is 24.6 Å². The molecule has 27 heavy (non-hydrogen) atoms. The summed E-state index contributed by atoms with van der Waals surface area (Å²) in [6.07, 6.45) is 1.44. The molecule has 0 aliphatic rings. The van der Waals surface area contributed by atoms with E-state index >= 15 is 0 Å². The quantitative estimate of drug-likeness (QED) is 0.585. The average Bonchev–Trinajstić information content (AvgIpc) is 3.10. The Morgan fingerprint density at radius 2 is 1.85 bits per heavy atom. The number of benzene rings is 2. The van der Waals surface area contributed by atoms with Crippen LogP contribution in [0, 0.1) is 6.92 Å². The van der Waals surface area contributed by atoms with Crippen molar-refractivity contribution >= 4 is 33.1 Å². The van der Waals surface area contributed by atoms with Gasteiger partial charge in [0.15, 0.2) is 0 Å². The molecule has 1 N–H and O–H groups in total. The highest BCUT2D eigenvalue weighted by atomic mass is 32.1. The molecule has 0 radical (unpaired) electrons. The first kappa shape index (κ1) is 17.2. The molecular formula is C21H17N3O2S. The second kappa shape index (κ2) is 7.17. The van der Waals surface area contributed by atoms with Gasteiger partial charge in [0.25, 0.3) is 5.56 Å². The van der Waals surface area contributed by atoms with Crippen LogP contribution in [0.4, 0.5) is 5.69 Å². The fraction of sp³-hybridized carbons (Fsp3) is 0.0952. The monoisotopic (exact) mass is 375 g/mol. The first-order valence-corrected chi connectivity index (χ1v) is 9.38. The van der Waals surface area contributed by atoms with E-state index in [9.17, 15) is 9.59 Å². The molecule has 2 aromatic heterocycles. The Kier molecular flexibility index (Phi) is 4.56. The number of fused-ring (bicyclic) bond motifs is 1. The molecule has 2 heterocycles. The van der Waals surface area contributed by atoms with Crippen LogP contribution in [-0.4, -0.2) is 15.5 Å². The summed E-state index contributed by atoms with van der Waals surface area (Å²) < 4.78 is 1.35. The third kappa shape index (κ3) is 3.52. The minimum Gasteiger partial charge on any atom is -0.325 e. The van der Waals surface area contributed by atoms with E-state index in [0.29, 0.717) is 15.9 Å². The van der Waals surface area contributed by atoms with Crippen molar-refractivity contribution in [2.45, 2.75) is 13.5 Å². The van der Waals surface area contributed by atoms with E-state index in [2.05, 4.69) is 10.3 Å². The van der Waals surface area contributed by atoms with Gasteiger partial charge in [-0.15, -0.1) is 11.3 Å². The van der Waals surface area contributed by atoms with E-state index in [4.69, 9.17) is 0 Å². The number of nitrogens with one attached hydrogen (secondary N) is 1. The number of aryl methyl sites for hydroxylation is 1. The molecule has 0 spiro atoms. The number of carbonyl (C=O) groups is 1. The molecule has 0 aliphatic heterocycles. The Hall–Kier alpha value is -3.25. The second-order valence-electron chi connectivity index (χ2n) is 6.29. The third-order valence-corrected chi connectivity index (χ3v) is 5.18. The summed E-state index contributed by atoms with van der Waals surface area (Å²) in [4.78, 5) is 30.3. The van der Waals surface area contributed by atoms with Crippen LogP contribution in [0.3, 0.4) is 0 Å². The van der Waals surface area contributed by atoms with Gasteiger partial charge < -0.3 is 5.32 Å². The lowest BCUT2D eigenvalue weighted by molar-refractivity contribution is -0.116. The van der Waals surface area contributed by atoms with Crippen molar-refractivity contribution < 1.29 is 4.79 Å². The molecule has 2 aromatic carbocycles. The highest BCUT2D eigenvalue weighted by Crippen LogP contribution is 2.30. The number of anilines is 1. The van der Waals surface area contributed by atoms with Crippen LogP contribution in [-0.2, 0) is 11.3 Å². The normalized spacial score (nSPS) is 10.9. The molecule has 1 amide bonds. The zero-order chi connectivity index (χ0) is 18.8. The number of carbonyl (C=O) groups excluding carboxylic acids is 1. The highest BCUT2D eigenvalue weighted by molar-refractivity contribution is 7.17. The van der Waals surface area contributed by atoms with Gasteiger partial charge in [0.1, 0.15) is 11.4 Å². The Bertz CT molecular complexity index is 1160. The van der Waals surface area contributed by atoms with Crippen LogP contribution >= 0.6 is 11.3 Å². The first-order valence-electron chi connectivity index (χ1n) is 8.50. The smallest absolute Gasteiger partial charge is 0.263 e. The van der Waals surface area contributed by atoms with Crippen molar-refractivity contribution in [3.8, 4) is 11.1 Å². The lowest BCUT2D eigenvalue weighted by Crippen LogP contribution is -2.27. The SMILES string of the molecule is Cc1ccc(-c2csc3ncn(CC(=O)Nc4ccccc4)c(=O)c23)cc1. The Balaban J connectivity index is 1.67. The van der Waals surface area contributed by atoms with Crippen molar-refractivity contribution in [2.75, 3.05) is 5.32 Å². The molecule has 5 nitrogen and oxygen atoms in total. The number of hydrogen-bond donors (Lipinski definition) is 1. The van der Waals surface area contributed by atoms with Gasteiger partial charge >= 0.3 is 0 Å². The molecule has 0 unspecified atom stereocenters. The van der Waals surface area contributed by atoms with Crippen LogP contribution in [0.25, 0.3) is 21.3 Å². The largest absolute Gasteiger partial charge is 0.325 e. The maximum atomic E-state index is 13.0. The first-order chi connectivity index (χ1) is 13.1. The highest BCUT2D eigenvalue weighted by Gasteiger charge is 2.14. The molecule has 0 bridgehead atoms. The molecule has 0 fully saturated rings. The number of para-hydroxylation sites is 1. The molecule has 4 aromatic rings. The summed E-state index contributed by atoms with van der Waals surface area (Å²) in [6.45, 7) is 1.94. The van der Waals surface area contributed by atoms with Crippen molar-refractivity contribution in [3.05, 3.63) is 82.2 Å². The van der Waals surface area contributed by atoms with Gasteiger partial charge in [-0.25, -0.2) is 4.98 Å². The topological polar surface area (TPSA) is 64.0 Å². The molecule has 6 heteroatoms. The standard InChI is InChI=1S/C21H17N3O2S/c1-14-7-9-15(10-8-14)17-12-27-20-19(17)21(26)24(13-22-20)11-18(25)23-16-5-3-2-4-6-16/h2-10,12-13H,11H2,1H3,(H,23,25). The summed E-state index contributed by atoms with van der Waals surface area (Å²) in [5.41, 5.74) is 3.47. The number of nitrogens with zero attached hydrogens (tertiary/aromatic N) is 2. The molecule has 0 saturated carbocycles. The molecule has 0 aliphatic carbocycles.